The van der Waals surface area contributed by atoms with Gasteiger partial charge in [-0.1, -0.05) is 12.2 Å². The monoisotopic (exact) mass is 255 g/mol. The lowest BCUT2D eigenvalue weighted by Gasteiger charge is -2.02. The molecule has 0 saturated carbocycles. The van der Waals surface area contributed by atoms with E-state index in [1.165, 1.54) is 14.0 Å². The van der Waals surface area contributed by atoms with E-state index in [2.05, 4.69) is 15.3 Å². The van der Waals surface area contributed by atoms with Crippen molar-refractivity contribution < 1.29 is 9.53 Å². The predicted octanol–water partition coefficient (Wildman–Crippen LogP) is 1.68. The predicted molar refractivity (Wildman–Crippen MR) is 65.9 cm³/mol. The summed E-state index contributed by atoms with van der Waals surface area (Å²) in [6.45, 7) is 2.09. The molecular formula is C11H14ClN3O2. The van der Waals surface area contributed by atoms with Crippen molar-refractivity contribution in [3.05, 3.63) is 23.1 Å². The molecule has 0 fully saturated rings. The smallest absolute Gasteiger partial charge is 0.225 e. The Kier molecular flexibility index (Phi) is 5.42. The molecule has 0 spiro atoms. The van der Waals surface area contributed by atoms with E-state index in [-0.39, 0.29) is 11.2 Å². The third-order valence-corrected chi connectivity index (χ3v) is 2.11. The summed E-state index contributed by atoms with van der Waals surface area (Å²) in [5, 5.41) is 2.85. The Hall–Kier alpha value is -1.62. The molecule has 1 amide bonds. The molecule has 0 aliphatic carbocycles. The highest BCUT2D eigenvalue weighted by Crippen LogP contribution is 2.17. The molecule has 1 N–H and O–H groups in total. The van der Waals surface area contributed by atoms with Crippen molar-refractivity contribution in [2.45, 2.75) is 13.3 Å². The molecule has 1 aromatic rings. The second-order valence-corrected chi connectivity index (χ2v) is 3.62. The SMILES string of the molecule is COc1nc(Cl)ncc1C=CCCNC(C)=O. The van der Waals surface area contributed by atoms with E-state index in [0.29, 0.717) is 12.4 Å². The summed E-state index contributed by atoms with van der Waals surface area (Å²) >= 11 is 5.64. The van der Waals surface area contributed by atoms with Crippen molar-refractivity contribution in [1.82, 2.24) is 15.3 Å². The van der Waals surface area contributed by atoms with Crippen molar-refractivity contribution in [3.8, 4) is 5.88 Å². The molecule has 0 aliphatic heterocycles. The maximum Gasteiger partial charge on any atom is 0.225 e. The average molecular weight is 256 g/mol. The fraction of sp³-hybridized carbons (Fsp3) is 0.364. The molecule has 0 radical (unpaired) electrons. The van der Waals surface area contributed by atoms with Gasteiger partial charge in [-0.15, -0.1) is 0 Å². The molecule has 0 aromatic carbocycles. The number of halogens is 1. The van der Waals surface area contributed by atoms with E-state index in [1.807, 2.05) is 12.2 Å². The third-order valence-electron chi connectivity index (χ3n) is 1.93. The van der Waals surface area contributed by atoms with Crippen LogP contribution in [0.5, 0.6) is 5.88 Å². The van der Waals surface area contributed by atoms with Crippen molar-refractivity contribution in [1.29, 1.82) is 0 Å². The number of methoxy groups -OCH3 is 1. The molecule has 0 unspecified atom stereocenters. The summed E-state index contributed by atoms with van der Waals surface area (Å²) in [7, 11) is 1.52. The quantitative estimate of drug-likeness (QED) is 0.642. The minimum Gasteiger partial charge on any atom is -0.480 e. The molecule has 0 aliphatic rings. The van der Waals surface area contributed by atoms with Crippen LogP contribution in [0, 0.1) is 0 Å². The number of nitrogens with one attached hydrogen (secondary N) is 1. The Bertz CT molecular complexity index is 421. The van der Waals surface area contributed by atoms with Crippen LogP contribution in [0.1, 0.15) is 18.9 Å². The number of aromatic nitrogens is 2. The Labute approximate surface area is 105 Å². The number of nitrogens with zero attached hydrogens (tertiary/aromatic N) is 2. The lowest BCUT2D eigenvalue weighted by molar-refractivity contribution is -0.118. The second-order valence-electron chi connectivity index (χ2n) is 3.28. The van der Waals surface area contributed by atoms with Crippen LogP contribution in [0.25, 0.3) is 6.08 Å². The number of ether oxygens (including phenoxy) is 1. The van der Waals surface area contributed by atoms with Gasteiger partial charge in [-0.2, -0.15) is 4.98 Å². The Morgan fingerprint density at radius 3 is 3.06 bits per heavy atom. The fourth-order valence-corrected chi connectivity index (χ4v) is 1.30. The van der Waals surface area contributed by atoms with Gasteiger partial charge in [0.15, 0.2) is 0 Å². The topological polar surface area (TPSA) is 64.1 Å². The van der Waals surface area contributed by atoms with E-state index < -0.39 is 0 Å². The Morgan fingerprint density at radius 2 is 2.41 bits per heavy atom. The van der Waals surface area contributed by atoms with Crippen molar-refractivity contribution in [2.24, 2.45) is 0 Å². The van der Waals surface area contributed by atoms with Crippen LogP contribution < -0.4 is 10.1 Å². The molecular weight excluding hydrogens is 242 g/mol. The van der Waals surface area contributed by atoms with E-state index >= 15 is 0 Å². The van der Waals surface area contributed by atoms with Crippen LogP contribution >= 0.6 is 11.6 Å². The van der Waals surface area contributed by atoms with Gasteiger partial charge < -0.3 is 10.1 Å². The second kappa shape index (κ2) is 6.85. The van der Waals surface area contributed by atoms with Gasteiger partial charge in [0.1, 0.15) is 0 Å². The van der Waals surface area contributed by atoms with Gasteiger partial charge in [-0.25, -0.2) is 4.98 Å². The molecule has 0 bridgehead atoms. The first-order valence-electron chi connectivity index (χ1n) is 5.11. The molecule has 92 valence electrons. The van der Waals surface area contributed by atoms with Gasteiger partial charge in [-0.3, -0.25) is 4.79 Å². The van der Waals surface area contributed by atoms with E-state index in [0.717, 1.165) is 12.0 Å². The fourth-order valence-electron chi connectivity index (χ4n) is 1.17. The molecule has 6 heteroatoms. The molecule has 17 heavy (non-hydrogen) atoms. The van der Waals surface area contributed by atoms with Gasteiger partial charge in [0.05, 0.1) is 12.7 Å². The zero-order valence-corrected chi connectivity index (χ0v) is 10.5. The first kappa shape index (κ1) is 13.4. The van der Waals surface area contributed by atoms with Gasteiger partial charge in [0.2, 0.25) is 17.1 Å². The van der Waals surface area contributed by atoms with Gasteiger partial charge in [0, 0.05) is 19.7 Å². The summed E-state index contributed by atoms with van der Waals surface area (Å²) in [5.41, 5.74) is 0.750. The summed E-state index contributed by atoms with van der Waals surface area (Å²) < 4.78 is 5.06. The lowest BCUT2D eigenvalue weighted by Crippen LogP contribution is -2.20. The summed E-state index contributed by atoms with van der Waals surface area (Å²) in [5.74, 6) is 0.395. The molecule has 0 atom stereocenters. The van der Waals surface area contributed by atoms with Crippen LogP contribution in [-0.2, 0) is 4.79 Å². The number of carbonyl (C=O) groups excluding carboxylic acids is 1. The van der Waals surface area contributed by atoms with Crippen LogP contribution in [-0.4, -0.2) is 29.5 Å². The van der Waals surface area contributed by atoms with Crippen LogP contribution in [0.3, 0.4) is 0 Å². The maximum absolute atomic E-state index is 10.6. The maximum atomic E-state index is 10.6. The first-order chi connectivity index (χ1) is 8.13. The first-order valence-corrected chi connectivity index (χ1v) is 5.48. The van der Waals surface area contributed by atoms with Crippen molar-refractivity contribution in [2.75, 3.05) is 13.7 Å². The molecule has 1 rings (SSSR count). The number of hydrogen-bond acceptors (Lipinski definition) is 4. The van der Waals surface area contributed by atoms with Crippen LogP contribution in [0.15, 0.2) is 12.3 Å². The number of rotatable bonds is 5. The molecule has 0 saturated heterocycles. The zero-order valence-electron chi connectivity index (χ0n) is 9.74. The standard InChI is InChI=1S/C11H14ClN3O2/c1-8(16)13-6-4-3-5-9-7-14-11(12)15-10(9)17-2/h3,5,7H,4,6H2,1-2H3,(H,13,16). The largest absolute Gasteiger partial charge is 0.480 e. The highest BCUT2D eigenvalue weighted by Gasteiger charge is 2.02. The number of hydrogen-bond donors (Lipinski definition) is 1. The van der Waals surface area contributed by atoms with Crippen LogP contribution in [0.2, 0.25) is 5.28 Å². The number of carbonyl (C=O) groups is 1. The number of amides is 1. The van der Waals surface area contributed by atoms with Gasteiger partial charge >= 0.3 is 0 Å². The van der Waals surface area contributed by atoms with Gasteiger partial charge in [0.25, 0.3) is 0 Å². The normalized spacial score (nSPS) is 10.5. The zero-order chi connectivity index (χ0) is 12.7. The van der Waals surface area contributed by atoms with E-state index in [1.54, 1.807) is 6.20 Å². The van der Waals surface area contributed by atoms with Crippen molar-refractivity contribution in [3.63, 3.8) is 0 Å². The Balaban J connectivity index is 2.55. The van der Waals surface area contributed by atoms with Crippen molar-refractivity contribution >= 4 is 23.6 Å². The molecule has 5 nitrogen and oxygen atoms in total. The third kappa shape index (κ3) is 4.82. The lowest BCUT2D eigenvalue weighted by atomic mass is 10.2. The molecule has 1 heterocycles. The van der Waals surface area contributed by atoms with Gasteiger partial charge in [-0.05, 0) is 18.0 Å². The highest BCUT2D eigenvalue weighted by atomic mass is 35.5. The summed E-state index contributed by atoms with van der Waals surface area (Å²) in [6.07, 6.45) is 6.05. The highest BCUT2D eigenvalue weighted by molar-refractivity contribution is 6.28. The van der Waals surface area contributed by atoms with E-state index in [4.69, 9.17) is 16.3 Å². The van der Waals surface area contributed by atoms with E-state index in [9.17, 15) is 4.79 Å². The average Bonchev–Trinajstić information content (AvgIpc) is 2.29. The summed E-state index contributed by atoms with van der Waals surface area (Å²) in [4.78, 5) is 18.4. The summed E-state index contributed by atoms with van der Waals surface area (Å²) in [6, 6.07) is 0. The van der Waals surface area contributed by atoms with Crippen LogP contribution in [0.4, 0.5) is 0 Å². The minimum atomic E-state index is -0.0363. The minimum absolute atomic E-state index is 0.0363. The molecule has 1 aromatic heterocycles. The Morgan fingerprint density at radius 1 is 1.65 bits per heavy atom.